The first-order chi connectivity index (χ1) is 6.99. The van der Waals surface area contributed by atoms with Crippen molar-refractivity contribution in [2.45, 2.75) is 13.3 Å². The van der Waals surface area contributed by atoms with Gasteiger partial charge in [0.1, 0.15) is 5.56 Å². The summed E-state index contributed by atoms with van der Waals surface area (Å²) in [6, 6.07) is 0. The van der Waals surface area contributed by atoms with Crippen LogP contribution in [0.3, 0.4) is 0 Å². The zero-order chi connectivity index (χ0) is 11.6. The molecule has 0 bridgehead atoms. The second-order valence-corrected chi connectivity index (χ2v) is 2.81. The van der Waals surface area contributed by atoms with Gasteiger partial charge in [0.2, 0.25) is 0 Å². The Morgan fingerprint density at radius 1 is 1.60 bits per heavy atom. The van der Waals surface area contributed by atoms with E-state index in [9.17, 15) is 18.7 Å². The molecule has 0 atom stereocenters. The Morgan fingerprint density at radius 3 is 2.67 bits per heavy atom. The van der Waals surface area contributed by atoms with Crippen molar-refractivity contribution in [2.75, 3.05) is 7.11 Å². The lowest BCUT2D eigenvalue weighted by molar-refractivity contribution is 0.0584. The molecule has 6 heteroatoms. The number of aryl methyl sites for hydroxylation is 1. The predicted molar refractivity (Wildman–Crippen MR) is 46.9 cm³/mol. The minimum Gasteiger partial charge on any atom is -0.505 e. The summed E-state index contributed by atoms with van der Waals surface area (Å²) >= 11 is 0. The standard InChI is InChI=1S/C9H9F2NO3/c1-4-7(13)6(9(14)15-2)5(3-12-4)8(10)11/h3,8,13H,1-2H3. The normalized spacial score (nSPS) is 10.5. The number of hydrogen-bond donors (Lipinski definition) is 1. The molecular weight excluding hydrogens is 208 g/mol. The summed E-state index contributed by atoms with van der Waals surface area (Å²) in [6.45, 7) is 1.40. The number of pyridine rings is 1. The van der Waals surface area contributed by atoms with E-state index in [0.717, 1.165) is 13.3 Å². The van der Waals surface area contributed by atoms with E-state index in [-0.39, 0.29) is 5.69 Å². The Labute approximate surface area is 84.5 Å². The van der Waals surface area contributed by atoms with Gasteiger partial charge in [-0.25, -0.2) is 13.6 Å². The van der Waals surface area contributed by atoms with E-state index in [1.165, 1.54) is 6.92 Å². The van der Waals surface area contributed by atoms with Crippen LogP contribution in [-0.4, -0.2) is 23.2 Å². The van der Waals surface area contributed by atoms with Gasteiger partial charge in [-0.1, -0.05) is 0 Å². The largest absolute Gasteiger partial charge is 0.505 e. The van der Waals surface area contributed by atoms with Gasteiger partial charge in [0.15, 0.2) is 5.75 Å². The smallest absolute Gasteiger partial charge is 0.342 e. The van der Waals surface area contributed by atoms with Crippen molar-refractivity contribution in [3.63, 3.8) is 0 Å². The van der Waals surface area contributed by atoms with Crippen molar-refractivity contribution >= 4 is 5.97 Å². The van der Waals surface area contributed by atoms with Gasteiger partial charge in [0, 0.05) is 6.20 Å². The van der Waals surface area contributed by atoms with Crippen LogP contribution in [0, 0.1) is 6.92 Å². The Hall–Kier alpha value is -1.72. The molecule has 0 unspecified atom stereocenters. The zero-order valence-electron chi connectivity index (χ0n) is 8.12. The summed E-state index contributed by atoms with van der Waals surface area (Å²) in [5.41, 5.74) is -1.07. The number of carbonyl (C=O) groups is 1. The second kappa shape index (κ2) is 4.20. The van der Waals surface area contributed by atoms with Crippen molar-refractivity contribution in [1.29, 1.82) is 0 Å². The van der Waals surface area contributed by atoms with Crippen molar-refractivity contribution in [3.8, 4) is 5.75 Å². The van der Waals surface area contributed by atoms with E-state index >= 15 is 0 Å². The molecule has 0 aliphatic carbocycles. The molecule has 1 rings (SSSR count). The molecule has 0 radical (unpaired) electrons. The summed E-state index contributed by atoms with van der Waals surface area (Å²) in [7, 11) is 1.05. The Kier molecular flexibility index (Phi) is 3.18. The van der Waals surface area contributed by atoms with Gasteiger partial charge in [-0.15, -0.1) is 0 Å². The summed E-state index contributed by atoms with van der Waals surface area (Å²) in [6.07, 6.45) is -2.04. The van der Waals surface area contributed by atoms with Gasteiger partial charge >= 0.3 is 5.97 Å². The van der Waals surface area contributed by atoms with Crippen LogP contribution in [0.1, 0.15) is 28.0 Å². The summed E-state index contributed by atoms with van der Waals surface area (Å²) in [4.78, 5) is 14.7. The van der Waals surface area contributed by atoms with Gasteiger partial charge in [-0.2, -0.15) is 0 Å². The number of alkyl halides is 2. The monoisotopic (exact) mass is 217 g/mol. The van der Waals surface area contributed by atoms with Gasteiger partial charge in [0.25, 0.3) is 6.43 Å². The van der Waals surface area contributed by atoms with Crippen molar-refractivity contribution in [2.24, 2.45) is 0 Å². The highest BCUT2D eigenvalue weighted by molar-refractivity contribution is 5.94. The fourth-order valence-electron chi connectivity index (χ4n) is 1.09. The first-order valence-electron chi connectivity index (χ1n) is 4.04. The maximum absolute atomic E-state index is 12.5. The van der Waals surface area contributed by atoms with Crippen LogP contribution in [-0.2, 0) is 4.74 Å². The van der Waals surface area contributed by atoms with Crippen LogP contribution in [0.4, 0.5) is 8.78 Å². The first kappa shape index (κ1) is 11.4. The third kappa shape index (κ3) is 2.03. The van der Waals surface area contributed by atoms with E-state index in [4.69, 9.17) is 0 Å². The molecule has 1 aromatic rings. The molecule has 0 aliphatic heterocycles. The number of carbonyl (C=O) groups excluding carboxylic acids is 1. The fourth-order valence-corrected chi connectivity index (χ4v) is 1.09. The minimum absolute atomic E-state index is 0.0970. The molecule has 0 saturated carbocycles. The predicted octanol–water partition coefficient (Wildman–Crippen LogP) is 1.82. The molecule has 0 saturated heterocycles. The van der Waals surface area contributed by atoms with Gasteiger partial charge < -0.3 is 9.84 Å². The summed E-state index contributed by atoms with van der Waals surface area (Å²) in [5.74, 6) is -1.58. The number of rotatable bonds is 2. The van der Waals surface area contributed by atoms with Crippen molar-refractivity contribution < 1.29 is 23.4 Å². The van der Waals surface area contributed by atoms with E-state index in [1.807, 2.05) is 0 Å². The van der Waals surface area contributed by atoms with Gasteiger partial charge in [-0.05, 0) is 6.92 Å². The average Bonchev–Trinajstić information content (AvgIpc) is 2.20. The number of ether oxygens (including phenoxy) is 1. The third-order valence-corrected chi connectivity index (χ3v) is 1.89. The number of nitrogens with zero attached hydrogens (tertiary/aromatic N) is 1. The molecule has 0 spiro atoms. The maximum atomic E-state index is 12.5. The SMILES string of the molecule is COC(=O)c1c(C(F)F)cnc(C)c1O. The maximum Gasteiger partial charge on any atom is 0.342 e. The molecule has 4 nitrogen and oxygen atoms in total. The van der Waals surface area contributed by atoms with E-state index in [2.05, 4.69) is 9.72 Å². The van der Waals surface area contributed by atoms with Crippen LogP contribution < -0.4 is 0 Å². The molecule has 0 aliphatic rings. The minimum atomic E-state index is -2.89. The summed E-state index contributed by atoms with van der Waals surface area (Å²) < 4.78 is 29.3. The van der Waals surface area contributed by atoms with Crippen LogP contribution >= 0.6 is 0 Å². The van der Waals surface area contributed by atoms with E-state index < -0.39 is 29.3 Å². The average molecular weight is 217 g/mol. The number of aromatic hydroxyl groups is 1. The molecular formula is C9H9F2NO3. The topological polar surface area (TPSA) is 59.4 Å². The molecule has 15 heavy (non-hydrogen) atoms. The number of hydrogen-bond acceptors (Lipinski definition) is 4. The molecule has 0 fully saturated rings. The number of aromatic nitrogens is 1. The zero-order valence-corrected chi connectivity index (χ0v) is 8.12. The van der Waals surface area contributed by atoms with Gasteiger partial charge in [-0.3, -0.25) is 4.98 Å². The van der Waals surface area contributed by atoms with Crippen LogP contribution in [0.15, 0.2) is 6.20 Å². The highest BCUT2D eigenvalue weighted by Gasteiger charge is 2.24. The highest BCUT2D eigenvalue weighted by Crippen LogP contribution is 2.30. The lowest BCUT2D eigenvalue weighted by Crippen LogP contribution is -2.08. The molecule has 1 N–H and O–H groups in total. The van der Waals surface area contributed by atoms with Crippen LogP contribution in [0.5, 0.6) is 5.75 Å². The summed E-state index contributed by atoms with van der Waals surface area (Å²) in [5, 5.41) is 9.43. The molecule has 82 valence electrons. The third-order valence-electron chi connectivity index (χ3n) is 1.89. The van der Waals surface area contributed by atoms with Crippen LogP contribution in [0.2, 0.25) is 0 Å². The molecule has 1 heterocycles. The molecule has 0 aromatic carbocycles. The lowest BCUT2D eigenvalue weighted by atomic mass is 10.1. The van der Waals surface area contributed by atoms with E-state index in [0.29, 0.717) is 0 Å². The Morgan fingerprint density at radius 2 is 2.20 bits per heavy atom. The number of halogens is 2. The molecule has 1 aromatic heterocycles. The number of esters is 1. The number of methoxy groups -OCH3 is 1. The van der Waals surface area contributed by atoms with Crippen molar-refractivity contribution in [3.05, 3.63) is 23.0 Å². The second-order valence-electron chi connectivity index (χ2n) is 2.81. The quantitative estimate of drug-likeness (QED) is 0.767. The lowest BCUT2D eigenvalue weighted by Gasteiger charge is -2.09. The Balaban J connectivity index is 3.41. The van der Waals surface area contributed by atoms with Gasteiger partial charge in [0.05, 0.1) is 18.4 Å². The highest BCUT2D eigenvalue weighted by atomic mass is 19.3. The first-order valence-corrected chi connectivity index (χ1v) is 4.04. The molecule has 0 amide bonds. The fraction of sp³-hybridized carbons (Fsp3) is 0.333. The van der Waals surface area contributed by atoms with Crippen LogP contribution in [0.25, 0.3) is 0 Å². The van der Waals surface area contributed by atoms with Crippen molar-refractivity contribution in [1.82, 2.24) is 4.98 Å². The Bertz CT molecular complexity index is 393. The van der Waals surface area contributed by atoms with E-state index in [1.54, 1.807) is 0 Å².